The zero-order valence-corrected chi connectivity index (χ0v) is 20.2. The third-order valence-corrected chi connectivity index (χ3v) is 5.99. The molecule has 1 amide bonds. The SMILES string of the molecule is C=CC(=O)Nc1cc2c(Nc3ccc(F)c(Cl)c3)ncnc2cc1C#CC(C)(C)N1CCOCC1. The number of anilines is 3. The van der Waals surface area contributed by atoms with E-state index >= 15 is 0 Å². The van der Waals surface area contributed by atoms with Gasteiger partial charge in [0.2, 0.25) is 5.91 Å². The number of halogens is 2. The highest BCUT2D eigenvalue weighted by atomic mass is 35.5. The molecule has 0 unspecified atom stereocenters. The summed E-state index contributed by atoms with van der Waals surface area (Å²) in [5, 5.41) is 6.60. The van der Waals surface area contributed by atoms with E-state index in [1.54, 1.807) is 18.2 Å². The maximum absolute atomic E-state index is 13.6. The number of hydrogen-bond acceptors (Lipinski definition) is 6. The number of nitrogens with one attached hydrogen (secondary N) is 2. The number of aromatic nitrogens is 2. The Kier molecular flexibility index (Phi) is 7.31. The lowest BCUT2D eigenvalue weighted by Gasteiger charge is -2.37. The standard InChI is InChI=1S/C26H25ClFN5O2/c1-4-24(34)32-22-15-19-23(13-17(22)7-8-26(2,3)33-9-11-35-12-10-33)29-16-30-25(19)31-18-5-6-21(28)20(27)14-18/h4-6,13-16H,1,9-12H2,2-3H3,(H,32,34)(H,29,30,31). The molecule has 0 spiro atoms. The van der Waals surface area contributed by atoms with Gasteiger partial charge >= 0.3 is 0 Å². The maximum Gasteiger partial charge on any atom is 0.247 e. The summed E-state index contributed by atoms with van der Waals surface area (Å²) in [6, 6.07) is 7.87. The normalized spacial score (nSPS) is 14.2. The molecule has 0 aliphatic carbocycles. The van der Waals surface area contributed by atoms with Crippen LogP contribution in [-0.2, 0) is 9.53 Å². The van der Waals surface area contributed by atoms with E-state index in [9.17, 15) is 9.18 Å². The van der Waals surface area contributed by atoms with Crippen molar-refractivity contribution in [3.8, 4) is 11.8 Å². The molecule has 4 rings (SSSR count). The van der Waals surface area contributed by atoms with E-state index in [0.29, 0.717) is 46.9 Å². The van der Waals surface area contributed by atoms with Gasteiger partial charge < -0.3 is 15.4 Å². The highest BCUT2D eigenvalue weighted by molar-refractivity contribution is 6.31. The minimum Gasteiger partial charge on any atom is -0.379 e. The van der Waals surface area contributed by atoms with Crippen molar-refractivity contribution in [2.24, 2.45) is 0 Å². The average molecular weight is 494 g/mol. The largest absolute Gasteiger partial charge is 0.379 e. The molecule has 1 aromatic heterocycles. The van der Waals surface area contributed by atoms with Gasteiger partial charge in [-0.25, -0.2) is 14.4 Å². The summed E-state index contributed by atoms with van der Waals surface area (Å²) < 4.78 is 19.0. The van der Waals surface area contributed by atoms with Crippen LogP contribution in [0.2, 0.25) is 5.02 Å². The molecule has 1 aliphatic heterocycles. The number of hydrogen-bond donors (Lipinski definition) is 2. The van der Waals surface area contributed by atoms with Crippen molar-refractivity contribution in [1.82, 2.24) is 14.9 Å². The van der Waals surface area contributed by atoms with Crippen molar-refractivity contribution < 1.29 is 13.9 Å². The van der Waals surface area contributed by atoms with Gasteiger partial charge in [-0.15, -0.1) is 0 Å². The fourth-order valence-electron chi connectivity index (χ4n) is 3.73. The lowest BCUT2D eigenvalue weighted by atomic mass is 10.0. The number of rotatable bonds is 5. The molecule has 0 bridgehead atoms. The molecular weight excluding hydrogens is 469 g/mol. The van der Waals surface area contributed by atoms with Crippen LogP contribution in [0.1, 0.15) is 19.4 Å². The second kappa shape index (κ2) is 10.4. The summed E-state index contributed by atoms with van der Waals surface area (Å²) in [6.07, 6.45) is 2.62. The molecule has 0 atom stereocenters. The van der Waals surface area contributed by atoms with Crippen LogP contribution in [0.3, 0.4) is 0 Å². The number of morpholine rings is 1. The zero-order chi connectivity index (χ0) is 25.0. The third kappa shape index (κ3) is 5.77. The van der Waals surface area contributed by atoms with Crippen LogP contribution in [0.5, 0.6) is 0 Å². The van der Waals surface area contributed by atoms with Crippen LogP contribution in [-0.4, -0.2) is 52.6 Å². The van der Waals surface area contributed by atoms with Gasteiger partial charge in [0.25, 0.3) is 0 Å². The number of amides is 1. The number of ether oxygens (including phenoxy) is 1. The van der Waals surface area contributed by atoms with Crippen molar-refractivity contribution in [3.05, 3.63) is 65.7 Å². The van der Waals surface area contributed by atoms with Crippen molar-refractivity contribution in [1.29, 1.82) is 0 Å². The Morgan fingerprint density at radius 3 is 2.74 bits per heavy atom. The van der Waals surface area contributed by atoms with Gasteiger partial charge in [0.05, 0.1) is 40.5 Å². The summed E-state index contributed by atoms with van der Waals surface area (Å²) in [4.78, 5) is 23.1. The van der Waals surface area contributed by atoms with Crippen molar-refractivity contribution in [2.45, 2.75) is 19.4 Å². The molecule has 180 valence electrons. The predicted octanol–water partition coefficient (Wildman–Crippen LogP) is 4.75. The molecule has 1 fully saturated rings. The molecule has 0 radical (unpaired) electrons. The second-order valence-corrected chi connectivity index (χ2v) is 8.90. The molecule has 2 heterocycles. The van der Waals surface area contributed by atoms with Gasteiger partial charge in [0.15, 0.2) is 0 Å². The molecule has 1 saturated heterocycles. The molecule has 0 saturated carbocycles. The molecule has 1 aliphatic rings. The van der Waals surface area contributed by atoms with Crippen LogP contribution in [0.4, 0.5) is 21.6 Å². The first-order valence-electron chi connectivity index (χ1n) is 11.1. The van der Waals surface area contributed by atoms with E-state index in [1.165, 1.54) is 24.5 Å². The number of benzene rings is 2. The lowest BCUT2D eigenvalue weighted by Crippen LogP contribution is -2.49. The summed E-state index contributed by atoms with van der Waals surface area (Å²) in [5.41, 5.74) is 1.91. The molecular formula is C26H25ClFN5O2. The molecule has 9 heteroatoms. The van der Waals surface area contributed by atoms with Gasteiger partial charge in [-0.1, -0.05) is 30.0 Å². The Morgan fingerprint density at radius 2 is 2.03 bits per heavy atom. The first kappa shape index (κ1) is 24.6. The first-order chi connectivity index (χ1) is 16.8. The quantitative estimate of drug-likeness (QED) is 0.394. The smallest absolute Gasteiger partial charge is 0.247 e. The molecule has 35 heavy (non-hydrogen) atoms. The summed E-state index contributed by atoms with van der Waals surface area (Å²) in [5.74, 6) is 6.17. The van der Waals surface area contributed by atoms with Gasteiger partial charge in [-0.05, 0) is 50.3 Å². The van der Waals surface area contributed by atoms with E-state index in [2.05, 4.69) is 57.8 Å². The Hall–Kier alpha value is -3.51. The van der Waals surface area contributed by atoms with Gasteiger partial charge in [-0.3, -0.25) is 9.69 Å². The van der Waals surface area contributed by atoms with E-state index in [4.69, 9.17) is 16.3 Å². The fourth-order valence-corrected chi connectivity index (χ4v) is 3.91. The maximum atomic E-state index is 13.6. The highest BCUT2D eigenvalue weighted by Gasteiger charge is 2.26. The average Bonchev–Trinajstić information content (AvgIpc) is 2.86. The minimum absolute atomic E-state index is 0.00672. The molecule has 2 aromatic carbocycles. The summed E-state index contributed by atoms with van der Waals surface area (Å²) in [7, 11) is 0. The van der Waals surface area contributed by atoms with Gasteiger partial charge in [0.1, 0.15) is 18.0 Å². The van der Waals surface area contributed by atoms with E-state index in [1.807, 2.05) is 0 Å². The number of carbonyl (C=O) groups is 1. The minimum atomic E-state index is -0.512. The Morgan fingerprint density at radius 1 is 1.26 bits per heavy atom. The molecule has 2 N–H and O–H groups in total. The van der Waals surface area contributed by atoms with Crippen LogP contribution < -0.4 is 10.6 Å². The van der Waals surface area contributed by atoms with E-state index in [0.717, 1.165) is 13.1 Å². The topological polar surface area (TPSA) is 79.4 Å². The first-order valence-corrected chi connectivity index (χ1v) is 11.4. The van der Waals surface area contributed by atoms with Crippen LogP contribution in [0.15, 0.2) is 49.3 Å². The van der Waals surface area contributed by atoms with Gasteiger partial charge in [0, 0.05) is 24.2 Å². The monoisotopic (exact) mass is 493 g/mol. The summed E-state index contributed by atoms with van der Waals surface area (Å²) in [6.45, 7) is 10.6. The van der Waals surface area contributed by atoms with Crippen molar-refractivity contribution in [3.63, 3.8) is 0 Å². The Bertz CT molecular complexity index is 1340. The van der Waals surface area contributed by atoms with Crippen molar-refractivity contribution >= 4 is 45.6 Å². The molecule has 7 nitrogen and oxygen atoms in total. The second-order valence-electron chi connectivity index (χ2n) is 8.49. The lowest BCUT2D eigenvalue weighted by molar-refractivity contribution is -0.111. The van der Waals surface area contributed by atoms with Gasteiger partial charge in [-0.2, -0.15) is 0 Å². The fraction of sp³-hybridized carbons (Fsp3) is 0.269. The highest BCUT2D eigenvalue weighted by Crippen LogP contribution is 2.30. The van der Waals surface area contributed by atoms with Crippen LogP contribution in [0.25, 0.3) is 10.9 Å². The van der Waals surface area contributed by atoms with E-state index in [-0.39, 0.29) is 10.9 Å². The predicted molar refractivity (Wildman–Crippen MR) is 136 cm³/mol. The molecule has 3 aromatic rings. The van der Waals surface area contributed by atoms with Crippen LogP contribution in [0, 0.1) is 17.7 Å². The van der Waals surface area contributed by atoms with Crippen molar-refractivity contribution in [2.75, 3.05) is 36.9 Å². The summed E-state index contributed by atoms with van der Waals surface area (Å²) >= 11 is 5.91. The number of nitrogens with zero attached hydrogens (tertiary/aromatic N) is 3. The Labute approximate surface area is 208 Å². The number of fused-ring (bicyclic) bond motifs is 1. The third-order valence-electron chi connectivity index (χ3n) is 5.70. The number of carbonyl (C=O) groups excluding carboxylic acids is 1. The van der Waals surface area contributed by atoms with Crippen LogP contribution >= 0.6 is 11.6 Å². The Balaban J connectivity index is 1.75. The van der Waals surface area contributed by atoms with E-state index < -0.39 is 11.4 Å². The zero-order valence-electron chi connectivity index (χ0n) is 19.5.